The zero-order chi connectivity index (χ0) is 22.1. The molecule has 0 unspecified atom stereocenters. The molecule has 1 aliphatic rings. The number of anilines is 2. The standard InChI is InChI=1S/C26H24N2O2S/c1-16-10-17(2)13-20(12-16)27-23-24(31-22-8-6-5-7-9-22)26(30)28(25(23)29)21-14-18(3)11-19(4)15-21/h5-15,27H,1-4H3. The van der Waals surface area contributed by atoms with Crippen molar-refractivity contribution in [3.05, 3.63) is 99.6 Å². The highest BCUT2D eigenvalue weighted by atomic mass is 32.2. The topological polar surface area (TPSA) is 49.4 Å². The van der Waals surface area contributed by atoms with Crippen LogP contribution in [0.4, 0.5) is 11.4 Å². The number of amides is 2. The fourth-order valence-corrected chi connectivity index (χ4v) is 4.77. The number of hydrogen-bond donors (Lipinski definition) is 1. The molecule has 156 valence electrons. The summed E-state index contributed by atoms with van der Waals surface area (Å²) in [5.41, 5.74) is 5.87. The molecule has 1 heterocycles. The second-order valence-electron chi connectivity index (χ2n) is 7.91. The van der Waals surface area contributed by atoms with Crippen molar-refractivity contribution in [2.45, 2.75) is 32.6 Å². The van der Waals surface area contributed by atoms with E-state index in [4.69, 9.17) is 0 Å². The van der Waals surface area contributed by atoms with Crippen LogP contribution in [0.5, 0.6) is 0 Å². The third kappa shape index (κ3) is 4.42. The van der Waals surface area contributed by atoms with Gasteiger partial charge in [0.15, 0.2) is 0 Å². The molecule has 0 spiro atoms. The average Bonchev–Trinajstić information content (AvgIpc) is 2.91. The second kappa shape index (κ2) is 8.44. The van der Waals surface area contributed by atoms with E-state index in [0.717, 1.165) is 32.8 Å². The van der Waals surface area contributed by atoms with Gasteiger partial charge in [0.05, 0.1) is 5.69 Å². The Morgan fingerprint density at radius 2 is 1.26 bits per heavy atom. The molecule has 0 aliphatic carbocycles. The summed E-state index contributed by atoms with van der Waals surface area (Å²) in [5, 5.41) is 3.25. The lowest BCUT2D eigenvalue weighted by Crippen LogP contribution is -2.32. The Kier molecular flexibility index (Phi) is 5.70. The van der Waals surface area contributed by atoms with Crippen molar-refractivity contribution in [1.29, 1.82) is 0 Å². The highest BCUT2D eigenvalue weighted by molar-refractivity contribution is 8.04. The molecule has 31 heavy (non-hydrogen) atoms. The number of rotatable bonds is 5. The van der Waals surface area contributed by atoms with Crippen molar-refractivity contribution < 1.29 is 9.59 Å². The molecule has 0 saturated heterocycles. The lowest BCUT2D eigenvalue weighted by Gasteiger charge is -2.17. The molecule has 4 rings (SSSR count). The van der Waals surface area contributed by atoms with Crippen LogP contribution < -0.4 is 10.2 Å². The van der Waals surface area contributed by atoms with Crippen LogP contribution in [0.25, 0.3) is 0 Å². The van der Waals surface area contributed by atoms with E-state index in [1.165, 1.54) is 16.7 Å². The third-order valence-electron chi connectivity index (χ3n) is 4.96. The van der Waals surface area contributed by atoms with Crippen LogP contribution >= 0.6 is 11.8 Å². The fourth-order valence-electron chi connectivity index (χ4n) is 3.83. The van der Waals surface area contributed by atoms with Gasteiger partial charge < -0.3 is 5.32 Å². The van der Waals surface area contributed by atoms with Crippen molar-refractivity contribution in [2.24, 2.45) is 0 Å². The summed E-state index contributed by atoms with van der Waals surface area (Å²) < 4.78 is 0. The largest absolute Gasteiger partial charge is 0.350 e. The maximum absolute atomic E-state index is 13.5. The van der Waals surface area contributed by atoms with Crippen LogP contribution in [0.1, 0.15) is 22.3 Å². The summed E-state index contributed by atoms with van der Waals surface area (Å²) in [6, 6.07) is 21.4. The number of aryl methyl sites for hydroxylation is 4. The van der Waals surface area contributed by atoms with Crippen LogP contribution in [0.3, 0.4) is 0 Å². The van der Waals surface area contributed by atoms with Crippen LogP contribution in [-0.2, 0) is 9.59 Å². The van der Waals surface area contributed by atoms with Gasteiger partial charge in [-0.05, 0) is 86.3 Å². The molecule has 3 aromatic rings. The zero-order valence-corrected chi connectivity index (χ0v) is 18.8. The fraction of sp³-hybridized carbons (Fsp3) is 0.154. The van der Waals surface area contributed by atoms with E-state index < -0.39 is 0 Å². The molecule has 5 heteroatoms. The minimum atomic E-state index is -0.340. The number of nitrogens with one attached hydrogen (secondary N) is 1. The molecule has 3 aromatic carbocycles. The summed E-state index contributed by atoms with van der Waals surface area (Å²) in [6.45, 7) is 7.94. The van der Waals surface area contributed by atoms with E-state index in [-0.39, 0.29) is 11.8 Å². The number of hydrogen-bond acceptors (Lipinski definition) is 4. The SMILES string of the molecule is Cc1cc(C)cc(NC2=C(Sc3ccccc3)C(=O)N(c3cc(C)cc(C)c3)C2=O)c1. The Morgan fingerprint density at radius 1 is 0.710 bits per heavy atom. The smallest absolute Gasteiger partial charge is 0.283 e. The Balaban J connectivity index is 1.78. The lowest BCUT2D eigenvalue weighted by atomic mass is 10.1. The van der Waals surface area contributed by atoms with Crippen LogP contribution in [0.15, 0.2) is 82.2 Å². The van der Waals surface area contributed by atoms with Gasteiger partial charge in [-0.15, -0.1) is 0 Å². The van der Waals surface area contributed by atoms with Crippen LogP contribution in [0.2, 0.25) is 0 Å². The first kappa shape index (κ1) is 20.9. The average molecular weight is 429 g/mol. The minimum absolute atomic E-state index is 0.308. The van der Waals surface area contributed by atoms with Crippen molar-refractivity contribution in [3.63, 3.8) is 0 Å². The molecular formula is C26H24N2O2S. The summed E-state index contributed by atoms with van der Waals surface area (Å²) in [5.74, 6) is -0.650. The Morgan fingerprint density at radius 3 is 1.84 bits per heavy atom. The van der Waals surface area contributed by atoms with Crippen molar-refractivity contribution in [3.8, 4) is 0 Å². The first-order valence-electron chi connectivity index (χ1n) is 10.1. The molecular weight excluding hydrogens is 404 g/mol. The predicted molar refractivity (Wildman–Crippen MR) is 127 cm³/mol. The van der Waals surface area contributed by atoms with Crippen molar-refractivity contribution in [1.82, 2.24) is 0 Å². The predicted octanol–water partition coefficient (Wildman–Crippen LogP) is 5.91. The first-order chi connectivity index (χ1) is 14.8. The molecule has 0 radical (unpaired) electrons. The summed E-state index contributed by atoms with van der Waals surface area (Å²) in [6.07, 6.45) is 0. The first-order valence-corrected chi connectivity index (χ1v) is 10.9. The molecule has 0 aromatic heterocycles. The van der Waals surface area contributed by atoms with E-state index in [2.05, 4.69) is 11.4 Å². The van der Waals surface area contributed by atoms with Crippen LogP contribution in [-0.4, -0.2) is 11.8 Å². The number of carbonyl (C=O) groups is 2. The van der Waals surface area contributed by atoms with Crippen LogP contribution in [0, 0.1) is 27.7 Å². The summed E-state index contributed by atoms with van der Waals surface area (Å²) in [7, 11) is 0. The van der Waals surface area contributed by atoms with E-state index in [9.17, 15) is 9.59 Å². The van der Waals surface area contributed by atoms with Gasteiger partial charge in [-0.3, -0.25) is 9.59 Å². The number of imide groups is 1. The molecule has 0 saturated carbocycles. The van der Waals surface area contributed by atoms with E-state index in [1.807, 2.05) is 88.4 Å². The van der Waals surface area contributed by atoms with Gasteiger partial charge in [0.2, 0.25) is 0 Å². The lowest BCUT2D eigenvalue weighted by molar-refractivity contribution is -0.120. The number of benzene rings is 3. The molecule has 2 amide bonds. The molecule has 0 fully saturated rings. The van der Waals surface area contributed by atoms with Gasteiger partial charge in [0, 0.05) is 10.6 Å². The van der Waals surface area contributed by atoms with Gasteiger partial charge in [-0.2, -0.15) is 0 Å². The molecule has 0 bridgehead atoms. The normalized spacial score (nSPS) is 13.9. The van der Waals surface area contributed by atoms with Gasteiger partial charge in [-0.25, -0.2) is 4.90 Å². The van der Waals surface area contributed by atoms with Gasteiger partial charge in [0.1, 0.15) is 10.6 Å². The van der Waals surface area contributed by atoms with Crippen molar-refractivity contribution in [2.75, 3.05) is 10.2 Å². The Hall–Kier alpha value is -3.31. The summed E-state index contributed by atoms with van der Waals surface area (Å²) in [4.78, 5) is 29.5. The van der Waals surface area contributed by atoms with E-state index >= 15 is 0 Å². The maximum Gasteiger partial charge on any atom is 0.283 e. The van der Waals surface area contributed by atoms with Gasteiger partial charge in [-0.1, -0.05) is 42.1 Å². The Labute approximate surface area is 187 Å². The molecule has 1 aliphatic heterocycles. The minimum Gasteiger partial charge on any atom is -0.350 e. The van der Waals surface area contributed by atoms with Gasteiger partial charge >= 0.3 is 0 Å². The highest BCUT2D eigenvalue weighted by Crippen LogP contribution is 2.38. The highest BCUT2D eigenvalue weighted by Gasteiger charge is 2.40. The monoisotopic (exact) mass is 428 g/mol. The maximum atomic E-state index is 13.5. The van der Waals surface area contributed by atoms with E-state index in [0.29, 0.717) is 16.3 Å². The Bertz CT molecular complexity index is 1170. The van der Waals surface area contributed by atoms with Crippen molar-refractivity contribution >= 4 is 35.0 Å². The number of thioether (sulfide) groups is 1. The molecule has 1 N–H and O–H groups in total. The second-order valence-corrected chi connectivity index (χ2v) is 9.00. The quantitative estimate of drug-likeness (QED) is 0.513. The number of carbonyl (C=O) groups excluding carboxylic acids is 2. The number of nitrogens with zero attached hydrogens (tertiary/aromatic N) is 1. The third-order valence-corrected chi connectivity index (χ3v) is 6.05. The summed E-state index contributed by atoms with van der Waals surface area (Å²) >= 11 is 1.31. The van der Waals surface area contributed by atoms with E-state index in [1.54, 1.807) is 0 Å². The van der Waals surface area contributed by atoms with Gasteiger partial charge in [0.25, 0.3) is 11.8 Å². The molecule has 4 nitrogen and oxygen atoms in total. The molecule has 0 atom stereocenters. The zero-order valence-electron chi connectivity index (χ0n) is 18.0.